The minimum absolute atomic E-state index is 0.0203. The molecule has 0 N–H and O–H groups in total. The Hall–Kier alpha value is -2.10. The van der Waals surface area contributed by atoms with E-state index in [1.54, 1.807) is 18.2 Å². The fourth-order valence-corrected chi connectivity index (χ4v) is 1.54. The van der Waals surface area contributed by atoms with Crippen LogP contribution in [0.2, 0.25) is 0 Å². The molecule has 0 heterocycles. The van der Waals surface area contributed by atoms with Crippen molar-refractivity contribution < 1.29 is 18.3 Å². The number of ether oxygens (including phenoxy) is 2. The second kappa shape index (κ2) is 5.49. The van der Waals surface area contributed by atoms with Crippen LogP contribution in [0.1, 0.15) is 5.56 Å². The summed E-state index contributed by atoms with van der Waals surface area (Å²) < 4.78 is 36.9. The highest BCUT2D eigenvalue weighted by molar-refractivity contribution is 5.31. The molecule has 18 heavy (non-hydrogen) atoms. The Balaban J connectivity index is 2.11. The fraction of sp³-hybridized carbons (Fsp3) is 0.143. The van der Waals surface area contributed by atoms with E-state index < -0.39 is 11.6 Å². The zero-order chi connectivity index (χ0) is 13.0. The molecular weight excluding hydrogens is 238 g/mol. The van der Waals surface area contributed by atoms with Crippen LogP contribution in [-0.2, 0) is 6.61 Å². The highest BCUT2D eigenvalue weighted by Crippen LogP contribution is 2.21. The van der Waals surface area contributed by atoms with E-state index in [2.05, 4.69) is 0 Å². The van der Waals surface area contributed by atoms with Gasteiger partial charge in [0.2, 0.25) is 0 Å². The summed E-state index contributed by atoms with van der Waals surface area (Å²) in [6.07, 6.45) is 0. The van der Waals surface area contributed by atoms with Gasteiger partial charge in [-0.2, -0.15) is 0 Å². The minimum atomic E-state index is -0.462. The van der Waals surface area contributed by atoms with Crippen LogP contribution in [-0.4, -0.2) is 7.11 Å². The largest absolute Gasteiger partial charge is 0.494 e. The second-order valence-electron chi connectivity index (χ2n) is 3.68. The Morgan fingerprint density at radius 3 is 2.56 bits per heavy atom. The Bertz CT molecular complexity index is 541. The van der Waals surface area contributed by atoms with Gasteiger partial charge in [0.15, 0.2) is 11.6 Å². The van der Waals surface area contributed by atoms with Gasteiger partial charge in [-0.05, 0) is 18.2 Å². The van der Waals surface area contributed by atoms with Gasteiger partial charge in [0.1, 0.15) is 18.2 Å². The summed E-state index contributed by atoms with van der Waals surface area (Å²) in [4.78, 5) is 0. The Kier molecular flexibility index (Phi) is 3.77. The fourth-order valence-electron chi connectivity index (χ4n) is 1.54. The smallest absolute Gasteiger partial charge is 0.171 e. The number of rotatable bonds is 4. The normalized spacial score (nSPS) is 10.2. The third-order valence-corrected chi connectivity index (χ3v) is 2.45. The molecule has 4 heteroatoms. The zero-order valence-electron chi connectivity index (χ0n) is 9.82. The molecule has 2 aromatic carbocycles. The van der Waals surface area contributed by atoms with Gasteiger partial charge in [-0.15, -0.1) is 0 Å². The summed E-state index contributed by atoms with van der Waals surface area (Å²) in [5.74, 6) is -0.331. The van der Waals surface area contributed by atoms with Crippen molar-refractivity contribution in [3.05, 3.63) is 59.7 Å². The molecule has 94 valence electrons. The average Bonchev–Trinajstić information content (AvgIpc) is 2.38. The lowest BCUT2D eigenvalue weighted by molar-refractivity contribution is 0.294. The van der Waals surface area contributed by atoms with Gasteiger partial charge in [-0.1, -0.05) is 18.2 Å². The van der Waals surface area contributed by atoms with Crippen LogP contribution >= 0.6 is 0 Å². The molecule has 0 spiro atoms. The number of benzene rings is 2. The van der Waals surface area contributed by atoms with Crippen molar-refractivity contribution in [2.75, 3.05) is 7.11 Å². The summed E-state index contributed by atoms with van der Waals surface area (Å²) in [5.41, 5.74) is 0.360. The van der Waals surface area contributed by atoms with E-state index in [1.807, 2.05) is 0 Å². The molecule has 0 unspecified atom stereocenters. The Morgan fingerprint density at radius 2 is 1.83 bits per heavy atom. The number of halogens is 2. The van der Waals surface area contributed by atoms with Crippen LogP contribution in [0.25, 0.3) is 0 Å². The van der Waals surface area contributed by atoms with Crippen LogP contribution < -0.4 is 9.47 Å². The molecule has 0 aliphatic heterocycles. The first-order valence-corrected chi connectivity index (χ1v) is 5.40. The van der Waals surface area contributed by atoms with Gasteiger partial charge >= 0.3 is 0 Å². The summed E-state index contributed by atoms with van der Waals surface area (Å²) >= 11 is 0. The van der Waals surface area contributed by atoms with E-state index in [1.165, 1.54) is 31.4 Å². The second-order valence-corrected chi connectivity index (χ2v) is 3.68. The summed E-state index contributed by atoms with van der Waals surface area (Å²) in [7, 11) is 1.40. The third kappa shape index (κ3) is 2.77. The summed E-state index contributed by atoms with van der Waals surface area (Å²) in [5, 5.41) is 0. The molecule has 0 aliphatic carbocycles. The molecule has 0 amide bonds. The number of methoxy groups -OCH3 is 1. The monoisotopic (exact) mass is 250 g/mol. The Labute approximate surface area is 104 Å². The van der Waals surface area contributed by atoms with Crippen LogP contribution in [0, 0.1) is 11.6 Å². The first-order chi connectivity index (χ1) is 8.70. The van der Waals surface area contributed by atoms with Gasteiger partial charge in [0.25, 0.3) is 0 Å². The third-order valence-electron chi connectivity index (χ3n) is 2.45. The van der Waals surface area contributed by atoms with Crippen molar-refractivity contribution in [1.82, 2.24) is 0 Å². The summed E-state index contributed by atoms with van der Waals surface area (Å²) in [6.45, 7) is 0.0203. The standard InChI is InChI=1S/C14H12F2O2/c1-17-13-7-2-4-10(14(13)16)9-18-12-6-3-5-11(15)8-12/h2-8H,9H2,1H3. The highest BCUT2D eigenvalue weighted by atomic mass is 19.1. The molecule has 0 saturated heterocycles. The average molecular weight is 250 g/mol. The minimum Gasteiger partial charge on any atom is -0.494 e. The van der Waals surface area contributed by atoms with E-state index in [0.29, 0.717) is 11.3 Å². The van der Waals surface area contributed by atoms with Gasteiger partial charge in [-0.25, -0.2) is 8.78 Å². The molecule has 2 nitrogen and oxygen atoms in total. The lowest BCUT2D eigenvalue weighted by atomic mass is 10.2. The topological polar surface area (TPSA) is 18.5 Å². The van der Waals surface area contributed by atoms with E-state index in [9.17, 15) is 8.78 Å². The molecule has 0 radical (unpaired) electrons. The van der Waals surface area contributed by atoms with Crippen LogP contribution in [0.3, 0.4) is 0 Å². The lowest BCUT2D eigenvalue weighted by Gasteiger charge is -2.09. The highest BCUT2D eigenvalue weighted by Gasteiger charge is 2.08. The maximum atomic E-state index is 13.8. The predicted octanol–water partition coefficient (Wildman–Crippen LogP) is 3.55. The molecule has 0 saturated carbocycles. The van der Waals surface area contributed by atoms with Crippen molar-refractivity contribution in [1.29, 1.82) is 0 Å². The quantitative estimate of drug-likeness (QED) is 0.826. The molecule has 2 aromatic rings. The molecule has 0 fully saturated rings. The van der Waals surface area contributed by atoms with Gasteiger partial charge < -0.3 is 9.47 Å². The molecule has 2 rings (SSSR count). The van der Waals surface area contributed by atoms with Crippen LogP contribution in [0.15, 0.2) is 42.5 Å². The van der Waals surface area contributed by atoms with Gasteiger partial charge in [0.05, 0.1) is 7.11 Å². The van der Waals surface area contributed by atoms with Crippen LogP contribution in [0.4, 0.5) is 8.78 Å². The summed E-state index contributed by atoms with van der Waals surface area (Å²) in [6, 6.07) is 10.5. The Morgan fingerprint density at radius 1 is 1.06 bits per heavy atom. The van der Waals surface area contributed by atoms with E-state index >= 15 is 0 Å². The first-order valence-electron chi connectivity index (χ1n) is 5.40. The maximum Gasteiger partial charge on any atom is 0.171 e. The van der Waals surface area contributed by atoms with Crippen molar-refractivity contribution in [3.8, 4) is 11.5 Å². The number of hydrogen-bond acceptors (Lipinski definition) is 2. The molecule has 0 atom stereocenters. The van der Waals surface area contributed by atoms with Gasteiger partial charge in [0, 0.05) is 11.6 Å². The predicted molar refractivity (Wildman–Crippen MR) is 63.7 cm³/mol. The molecule has 0 aromatic heterocycles. The number of hydrogen-bond donors (Lipinski definition) is 0. The van der Waals surface area contributed by atoms with E-state index in [4.69, 9.17) is 9.47 Å². The van der Waals surface area contributed by atoms with Crippen molar-refractivity contribution >= 4 is 0 Å². The van der Waals surface area contributed by atoms with E-state index in [0.717, 1.165) is 0 Å². The van der Waals surface area contributed by atoms with Crippen molar-refractivity contribution in [3.63, 3.8) is 0 Å². The molecular formula is C14H12F2O2. The molecule has 0 aliphatic rings. The molecule has 0 bridgehead atoms. The van der Waals surface area contributed by atoms with Gasteiger partial charge in [-0.3, -0.25) is 0 Å². The van der Waals surface area contributed by atoms with E-state index in [-0.39, 0.29) is 12.4 Å². The van der Waals surface area contributed by atoms with Crippen LogP contribution in [0.5, 0.6) is 11.5 Å². The maximum absolute atomic E-state index is 13.8. The van der Waals surface area contributed by atoms with Crippen molar-refractivity contribution in [2.24, 2.45) is 0 Å². The van der Waals surface area contributed by atoms with Crippen molar-refractivity contribution in [2.45, 2.75) is 6.61 Å². The lowest BCUT2D eigenvalue weighted by Crippen LogP contribution is -2.00. The zero-order valence-corrected chi connectivity index (χ0v) is 9.82. The SMILES string of the molecule is COc1cccc(COc2cccc(F)c2)c1F. The first kappa shape index (κ1) is 12.4.